The highest BCUT2D eigenvalue weighted by Crippen LogP contribution is 2.25. The average molecular weight is 511 g/mol. The number of carbonyl (C=O) groups excluding carboxylic acids is 1. The van der Waals surface area contributed by atoms with E-state index in [0.29, 0.717) is 23.1 Å². The molecule has 0 aliphatic rings. The minimum Gasteiger partial charge on any atom is -0.494 e. The van der Waals surface area contributed by atoms with E-state index in [9.17, 15) is 17.6 Å². The molecule has 10 heteroatoms. The van der Waals surface area contributed by atoms with Crippen LogP contribution in [-0.2, 0) is 21.4 Å². The minimum atomic E-state index is -4.18. The zero-order valence-corrected chi connectivity index (χ0v) is 19.9. The molecule has 174 valence electrons. The normalized spacial score (nSPS) is 11.4. The Balaban J connectivity index is 1.87. The molecular formula is C23H21Cl2FN2O4S. The Morgan fingerprint density at radius 1 is 1.03 bits per heavy atom. The second-order valence-corrected chi connectivity index (χ2v) is 9.71. The van der Waals surface area contributed by atoms with Gasteiger partial charge in [-0.15, -0.1) is 0 Å². The fourth-order valence-electron chi connectivity index (χ4n) is 3.00. The van der Waals surface area contributed by atoms with Crippen molar-refractivity contribution < 1.29 is 22.3 Å². The first-order valence-electron chi connectivity index (χ1n) is 9.92. The van der Waals surface area contributed by atoms with Crippen molar-refractivity contribution in [3.8, 4) is 5.75 Å². The summed E-state index contributed by atoms with van der Waals surface area (Å²) in [6.07, 6.45) is 0. The third-order valence-corrected chi connectivity index (χ3v) is 7.03. The summed E-state index contributed by atoms with van der Waals surface area (Å²) >= 11 is 12.0. The third kappa shape index (κ3) is 6.45. The first kappa shape index (κ1) is 25.0. The number of sulfonamides is 1. The van der Waals surface area contributed by atoms with Gasteiger partial charge in [-0.3, -0.25) is 4.79 Å². The van der Waals surface area contributed by atoms with Crippen LogP contribution in [-0.4, -0.2) is 31.8 Å². The van der Waals surface area contributed by atoms with Crippen molar-refractivity contribution in [3.05, 3.63) is 88.2 Å². The van der Waals surface area contributed by atoms with Gasteiger partial charge in [0.2, 0.25) is 15.9 Å². The van der Waals surface area contributed by atoms with Gasteiger partial charge < -0.3 is 10.1 Å². The minimum absolute atomic E-state index is 0.0365. The smallest absolute Gasteiger partial charge is 0.243 e. The van der Waals surface area contributed by atoms with E-state index in [4.69, 9.17) is 27.9 Å². The van der Waals surface area contributed by atoms with Crippen LogP contribution in [0.25, 0.3) is 0 Å². The molecule has 0 saturated carbocycles. The van der Waals surface area contributed by atoms with E-state index in [1.165, 1.54) is 42.5 Å². The number of anilines is 1. The maximum absolute atomic E-state index is 14.4. The second kappa shape index (κ2) is 11.0. The molecule has 1 N–H and O–H groups in total. The van der Waals surface area contributed by atoms with Crippen molar-refractivity contribution in [2.45, 2.75) is 18.4 Å². The Hall–Kier alpha value is -2.65. The highest BCUT2D eigenvalue weighted by atomic mass is 35.5. The molecule has 0 atom stereocenters. The Kier molecular flexibility index (Phi) is 8.31. The standard InChI is InChI=1S/C23H21Cl2FN2O4S/c1-2-32-18-10-8-17(9-11-18)27-23(29)15-28(14-20-21(25)4-3-5-22(20)26)33(30,31)19-12-6-16(24)7-13-19/h3-13H,2,14-15H2,1H3,(H,27,29). The molecule has 0 spiro atoms. The molecule has 0 bridgehead atoms. The van der Waals surface area contributed by atoms with E-state index in [1.54, 1.807) is 24.3 Å². The van der Waals surface area contributed by atoms with E-state index < -0.39 is 34.8 Å². The van der Waals surface area contributed by atoms with E-state index in [1.807, 2.05) is 6.92 Å². The first-order valence-corrected chi connectivity index (χ1v) is 12.1. The van der Waals surface area contributed by atoms with Crippen LogP contribution in [0.1, 0.15) is 12.5 Å². The Morgan fingerprint density at radius 2 is 1.70 bits per heavy atom. The van der Waals surface area contributed by atoms with E-state index in [0.717, 1.165) is 4.31 Å². The summed E-state index contributed by atoms with van der Waals surface area (Å²) in [4.78, 5) is 12.6. The Morgan fingerprint density at radius 3 is 2.30 bits per heavy atom. The van der Waals surface area contributed by atoms with Gasteiger partial charge in [-0.05, 0) is 67.6 Å². The quantitative estimate of drug-likeness (QED) is 0.420. The highest BCUT2D eigenvalue weighted by molar-refractivity contribution is 7.89. The van der Waals surface area contributed by atoms with Crippen molar-refractivity contribution in [2.24, 2.45) is 0 Å². The number of rotatable bonds is 9. The fourth-order valence-corrected chi connectivity index (χ4v) is 4.72. The lowest BCUT2D eigenvalue weighted by Crippen LogP contribution is -2.37. The van der Waals surface area contributed by atoms with Gasteiger partial charge in [0.25, 0.3) is 0 Å². The monoisotopic (exact) mass is 510 g/mol. The second-order valence-electron chi connectivity index (χ2n) is 6.93. The topological polar surface area (TPSA) is 75.7 Å². The fraction of sp³-hybridized carbons (Fsp3) is 0.174. The molecule has 33 heavy (non-hydrogen) atoms. The molecule has 0 aliphatic heterocycles. The van der Waals surface area contributed by atoms with Crippen LogP contribution in [0.15, 0.2) is 71.6 Å². The molecule has 3 aromatic rings. The number of hydrogen-bond acceptors (Lipinski definition) is 4. The summed E-state index contributed by atoms with van der Waals surface area (Å²) < 4.78 is 47.2. The summed E-state index contributed by atoms with van der Waals surface area (Å²) in [5.74, 6) is -0.647. The van der Waals surface area contributed by atoms with Crippen LogP contribution in [0.5, 0.6) is 5.75 Å². The van der Waals surface area contributed by atoms with Gasteiger partial charge in [0, 0.05) is 27.8 Å². The molecule has 3 aromatic carbocycles. The molecule has 0 aromatic heterocycles. The van der Waals surface area contributed by atoms with Gasteiger partial charge in [-0.2, -0.15) is 4.31 Å². The predicted molar refractivity (Wildman–Crippen MR) is 127 cm³/mol. The van der Waals surface area contributed by atoms with Gasteiger partial charge in [-0.1, -0.05) is 29.3 Å². The van der Waals surface area contributed by atoms with Gasteiger partial charge in [0.05, 0.1) is 18.0 Å². The van der Waals surface area contributed by atoms with Crippen LogP contribution in [0.2, 0.25) is 10.0 Å². The number of amides is 1. The predicted octanol–water partition coefficient (Wildman–Crippen LogP) is 5.36. The lowest BCUT2D eigenvalue weighted by Gasteiger charge is -2.23. The maximum atomic E-state index is 14.4. The van der Waals surface area contributed by atoms with Crippen LogP contribution in [0, 0.1) is 5.82 Å². The highest BCUT2D eigenvalue weighted by Gasteiger charge is 2.28. The number of carbonyl (C=O) groups is 1. The average Bonchev–Trinajstić information content (AvgIpc) is 2.77. The molecule has 0 fully saturated rings. The summed E-state index contributed by atoms with van der Waals surface area (Å²) in [5.41, 5.74) is 0.418. The Bertz CT molecular complexity index is 1200. The largest absolute Gasteiger partial charge is 0.494 e. The van der Waals surface area contributed by atoms with Crippen LogP contribution >= 0.6 is 23.2 Å². The van der Waals surface area contributed by atoms with Crippen molar-refractivity contribution in [1.29, 1.82) is 0 Å². The number of nitrogens with zero attached hydrogens (tertiary/aromatic N) is 1. The molecule has 0 radical (unpaired) electrons. The Labute approximate surface area is 201 Å². The summed E-state index contributed by atoms with van der Waals surface area (Å²) in [5, 5.41) is 3.05. The molecule has 1 amide bonds. The molecule has 3 rings (SSSR count). The van der Waals surface area contributed by atoms with Crippen molar-refractivity contribution in [2.75, 3.05) is 18.5 Å². The SMILES string of the molecule is CCOc1ccc(NC(=O)CN(Cc2c(F)cccc2Cl)S(=O)(=O)c2ccc(Cl)cc2)cc1. The van der Waals surface area contributed by atoms with Crippen LogP contribution in [0.3, 0.4) is 0 Å². The van der Waals surface area contributed by atoms with E-state index >= 15 is 0 Å². The van der Waals surface area contributed by atoms with Crippen molar-refractivity contribution in [3.63, 3.8) is 0 Å². The number of benzene rings is 3. The molecule has 0 unspecified atom stereocenters. The van der Waals surface area contributed by atoms with Gasteiger partial charge in [0.15, 0.2) is 0 Å². The molecule has 0 saturated heterocycles. The summed E-state index contributed by atoms with van der Waals surface area (Å²) in [6.45, 7) is 1.35. The van der Waals surface area contributed by atoms with Gasteiger partial charge >= 0.3 is 0 Å². The third-order valence-electron chi connectivity index (χ3n) is 4.62. The number of hydrogen-bond donors (Lipinski definition) is 1. The zero-order valence-electron chi connectivity index (χ0n) is 17.6. The summed E-state index contributed by atoms with van der Waals surface area (Å²) in [6, 6.07) is 16.1. The molecule has 6 nitrogen and oxygen atoms in total. The zero-order chi connectivity index (χ0) is 24.0. The van der Waals surface area contributed by atoms with Crippen LogP contribution < -0.4 is 10.1 Å². The lowest BCUT2D eigenvalue weighted by molar-refractivity contribution is -0.116. The molecule has 0 aliphatic carbocycles. The van der Waals surface area contributed by atoms with Gasteiger partial charge in [-0.25, -0.2) is 12.8 Å². The van der Waals surface area contributed by atoms with E-state index in [-0.39, 0.29) is 15.5 Å². The first-order chi connectivity index (χ1) is 15.7. The maximum Gasteiger partial charge on any atom is 0.243 e. The molecular weight excluding hydrogens is 490 g/mol. The number of nitrogens with one attached hydrogen (secondary N) is 1. The van der Waals surface area contributed by atoms with Crippen molar-refractivity contribution >= 4 is 44.8 Å². The van der Waals surface area contributed by atoms with Gasteiger partial charge in [0.1, 0.15) is 11.6 Å². The lowest BCUT2D eigenvalue weighted by atomic mass is 10.2. The van der Waals surface area contributed by atoms with Crippen molar-refractivity contribution in [1.82, 2.24) is 4.31 Å². The number of ether oxygens (including phenoxy) is 1. The molecule has 0 heterocycles. The van der Waals surface area contributed by atoms with E-state index in [2.05, 4.69) is 5.32 Å². The van der Waals surface area contributed by atoms with Crippen LogP contribution in [0.4, 0.5) is 10.1 Å². The number of halogens is 3. The summed E-state index contributed by atoms with van der Waals surface area (Å²) in [7, 11) is -4.18.